The molecule has 0 saturated carbocycles. The zero-order valence-electron chi connectivity index (χ0n) is 15.5. The van der Waals surface area contributed by atoms with E-state index >= 15 is 0 Å². The Kier molecular flexibility index (Phi) is 6.44. The Balaban J connectivity index is 1.48. The van der Waals surface area contributed by atoms with Gasteiger partial charge in [-0.3, -0.25) is 9.59 Å². The number of hydrogen-bond acceptors (Lipinski definition) is 5. The molecular formula is C21H24N2O4. The molecule has 1 aliphatic rings. The molecule has 1 saturated heterocycles. The number of carbonyl (C=O) groups is 2. The van der Waals surface area contributed by atoms with Crippen molar-refractivity contribution >= 4 is 17.9 Å². The SMILES string of the molecule is CN(Cc1ccc(N2CCOCC2)cc1)C(=O)COc1ccc(C=O)cc1. The first-order chi connectivity index (χ1) is 13.2. The van der Waals surface area contributed by atoms with Crippen molar-refractivity contribution in [1.82, 2.24) is 4.90 Å². The topological polar surface area (TPSA) is 59.1 Å². The molecule has 27 heavy (non-hydrogen) atoms. The van der Waals surface area contributed by atoms with E-state index in [4.69, 9.17) is 9.47 Å². The number of nitrogens with zero attached hydrogens (tertiary/aromatic N) is 2. The number of morpholine rings is 1. The number of hydrogen-bond donors (Lipinski definition) is 0. The molecule has 0 spiro atoms. The summed E-state index contributed by atoms with van der Waals surface area (Å²) in [4.78, 5) is 26.9. The van der Waals surface area contributed by atoms with Crippen LogP contribution < -0.4 is 9.64 Å². The van der Waals surface area contributed by atoms with E-state index in [1.807, 2.05) is 12.1 Å². The first kappa shape index (κ1) is 18.9. The first-order valence-electron chi connectivity index (χ1n) is 8.99. The summed E-state index contributed by atoms with van der Waals surface area (Å²) in [6.07, 6.45) is 0.771. The van der Waals surface area contributed by atoms with Crippen LogP contribution in [0, 0.1) is 0 Å². The van der Waals surface area contributed by atoms with Gasteiger partial charge in [0.15, 0.2) is 6.61 Å². The highest BCUT2D eigenvalue weighted by Gasteiger charge is 2.13. The summed E-state index contributed by atoms with van der Waals surface area (Å²) in [6, 6.07) is 15.0. The maximum absolute atomic E-state index is 12.3. The molecule has 6 nitrogen and oxygen atoms in total. The molecule has 1 fully saturated rings. The normalized spacial score (nSPS) is 13.9. The molecule has 142 valence electrons. The third-order valence-electron chi connectivity index (χ3n) is 4.54. The Morgan fingerprint density at radius 1 is 1.11 bits per heavy atom. The van der Waals surface area contributed by atoms with Crippen molar-refractivity contribution in [2.45, 2.75) is 6.54 Å². The van der Waals surface area contributed by atoms with Gasteiger partial charge in [-0.2, -0.15) is 0 Å². The van der Waals surface area contributed by atoms with Gasteiger partial charge in [-0.05, 0) is 42.0 Å². The van der Waals surface area contributed by atoms with E-state index < -0.39 is 0 Å². The third-order valence-corrected chi connectivity index (χ3v) is 4.54. The standard InChI is InChI=1S/C21H24N2O4/c1-22(21(25)16-27-20-8-4-18(15-24)5-9-20)14-17-2-6-19(7-3-17)23-10-12-26-13-11-23/h2-9,15H,10-14,16H2,1H3. The van der Waals surface area contributed by atoms with Gasteiger partial charge in [0, 0.05) is 37.9 Å². The third kappa shape index (κ3) is 5.31. The summed E-state index contributed by atoms with van der Waals surface area (Å²) in [6.45, 7) is 3.82. The highest BCUT2D eigenvalue weighted by molar-refractivity contribution is 5.77. The van der Waals surface area contributed by atoms with Crippen LogP contribution in [0.3, 0.4) is 0 Å². The number of ether oxygens (including phenoxy) is 2. The Hall–Kier alpha value is -2.86. The fourth-order valence-corrected chi connectivity index (χ4v) is 2.89. The summed E-state index contributed by atoms with van der Waals surface area (Å²) >= 11 is 0. The molecule has 1 amide bonds. The molecule has 3 rings (SSSR count). The molecule has 0 radical (unpaired) electrons. The van der Waals surface area contributed by atoms with Crippen molar-refractivity contribution in [3.8, 4) is 5.75 Å². The average molecular weight is 368 g/mol. The molecule has 1 heterocycles. The Bertz CT molecular complexity index is 753. The van der Waals surface area contributed by atoms with Crippen molar-refractivity contribution in [3.05, 3.63) is 59.7 Å². The monoisotopic (exact) mass is 368 g/mol. The van der Waals surface area contributed by atoms with E-state index in [2.05, 4.69) is 17.0 Å². The summed E-state index contributed by atoms with van der Waals surface area (Å²) < 4.78 is 10.9. The predicted molar refractivity (Wildman–Crippen MR) is 103 cm³/mol. The average Bonchev–Trinajstić information content (AvgIpc) is 2.73. The van der Waals surface area contributed by atoms with Gasteiger partial charge in [-0.1, -0.05) is 12.1 Å². The maximum Gasteiger partial charge on any atom is 0.260 e. The van der Waals surface area contributed by atoms with Crippen LogP contribution >= 0.6 is 0 Å². The summed E-state index contributed by atoms with van der Waals surface area (Å²) in [5, 5.41) is 0. The second kappa shape index (κ2) is 9.19. The molecule has 2 aromatic rings. The van der Waals surface area contributed by atoms with E-state index in [-0.39, 0.29) is 12.5 Å². The van der Waals surface area contributed by atoms with Crippen LogP contribution in [0.25, 0.3) is 0 Å². The van der Waals surface area contributed by atoms with Crippen molar-refractivity contribution in [2.24, 2.45) is 0 Å². The van der Waals surface area contributed by atoms with E-state index in [1.165, 1.54) is 5.69 Å². The van der Waals surface area contributed by atoms with Crippen molar-refractivity contribution in [3.63, 3.8) is 0 Å². The van der Waals surface area contributed by atoms with Crippen molar-refractivity contribution in [2.75, 3.05) is 44.9 Å². The van der Waals surface area contributed by atoms with Gasteiger partial charge in [-0.15, -0.1) is 0 Å². The van der Waals surface area contributed by atoms with Crippen LogP contribution in [0.15, 0.2) is 48.5 Å². The van der Waals surface area contributed by atoms with Crippen LogP contribution in [0.5, 0.6) is 5.75 Å². The number of benzene rings is 2. The molecule has 1 aliphatic heterocycles. The molecule has 0 aliphatic carbocycles. The number of aldehydes is 1. The van der Waals surface area contributed by atoms with Crippen LogP contribution in [-0.2, 0) is 16.1 Å². The Morgan fingerprint density at radius 3 is 2.41 bits per heavy atom. The maximum atomic E-state index is 12.3. The molecule has 0 N–H and O–H groups in total. The Morgan fingerprint density at radius 2 is 1.78 bits per heavy atom. The van der Waals surface area contributed by atoms with E-state index in [9.17, 15) is 9.59 Å². The lowest BCUT2D eigenvalue weighted by molar-refractivity contribution is -0.132. The summed E-state index contributed by atoms with van der Waals surface area (Å²) in [5.41, 5.74) is 2.82. The lowest BCUT2D eigenvalue weighted by Crippen LogP contribution is -2.36. The van der Waals surface area contributed by atoms with Crippen LogP contribution in [0.1, 0.15) is 15.9 Å². The second-order valence-electron chi connectivity index (χ2n) is 6.49. The van der Waals surface area contributed by atoms with Gasteiger partial charge in [0.05, 0.1) is 13.2 Å². The minimum Gasteiger partial charge on any atom is -0.484 e. The summed E-state index contributed by atoms with van der Waals surface area (Å²) in [7, 11) is 1.76. The van der Waals surface area contributed by atoms with Gasteiger partial charge in [0.25, 0.3) is 5.91 Å². The summed E-state index contributed by atoms with van der Waals surface area (Å²) in [5.74, 6) is 0.462. The predicted octanol–water partition coefficient (Wildman–Crippen LogP) is 2.37. The first-order valence-corrected chi connectivity index (χ1v) is 8.99. The molecule has 2 aromatic carbocycles. The fraction of sp³-hybridized carbons (Fsp3) is 0.333. The van der Waals surface area contributed by atoms with Crippen LogP contribution in [-0.4, -0.2) is 57.1 Å². The zero-order chi connectivity index (χ0) is 19.1. The molecule has 6 heteroatoms. The highest BCUT2D eigenvalue weighted by atomic mass is 16.5. The van der Waals surface area contributed by atoms with Crippen LogP contribution in [0.2, 0.25) is 0 Å². The van der Waals surface area contributed by atoms with Crippen molar-refractivity contribution < 1.29 is 19.1 Å². The zero-order valence-corrected chi connectivity index (χ0v) is 15.5. The smallest absolute Gasteiger partial charge is 0.260 e. The van der Waals surface area contributed by atoms with Gasteiger partial charge >= 0.3 is 0 Å². The second-order valence-corrected chi connectivity index (χ2v) is 6.49. The minimum atomic E-state index is -0.105. The van der Waals surface area contributed by atoms with Gasteiger partial charge in [-0.25, -0.2) is 0 Å². The quantitative estimate of drug-likeness (QED) is 0.703. The number of anilines is 1. The van der Waals surface area contributed by atoms with Crippen LogP contribution in [0.4, 0.5) is 5.69 Å². The van der Waals surface area contributed by atoms with Gasteiger partial charge < -0.3 is 19.3 Å². The molecule has 0 aromatic heterocycles. The van der Waals surface area contributed by atoms with Gasteiger partial charge in [0.1, 0.15) is 12.0 Å². The number of carbonyl (C=O) groups excluding carboxylic acids is 2. The number of rotatable bonds is 7. The van der Waals surface area contributed by atoms with E-state index in [0.717, 1.165) is 38.2 Å². The minimum absolute atomic E-state index is 0.0389. The van der Waals surface area contributed by atoms with E-state index in [1.54, 1.807) is 36.2 Å². The fourth-order valence-electron chi connectivity index (χ4n) is 2.89. The lowest BCUT2D eigenvalue weighted by Gasteiger charge is -2.29. The lowest BCUT2D eigenvalue weighted by atomic mass is 10.1. The molecule has 0 bridgehead atoms. The molecule has 0 atom stereocenters. The molecule has 0 unspecified atom stereocenters. The number of amides is 1. The molecular weight excluding hydrogens is 344 g/mol. The van der Waals surface area contributed by atoms with E-state index in [0.29, 0.717) is 17.9 Å². The van der Waals surface area contributed by atoms with Crippen molar-refractivity contribution in [1.29, 1.82) is 0 Å². The number of likely N-dealkylation sites (N-methyl/N-ethyl adjacent to an activating group) is 1. The van der Waals surface area contributed by atoms with Gasteiger partial charge in [0.2, 0.25) is 0 Å². The Labute approximate surface area is 159 Å². The highest BCUT2D eigenvalue weighted by Crippen LogP contribution is 2.17. The largest absolute Gasteiger partial charge is 0.484 e.